The second-order valence-corrected chi connectivity index (χ2v) is 7.96. The largest absolute Gasteiger partial charge is 0.416 e. The molecule has 168 valence electrons. The van der Waals surface area contributed by atoms with Crippen LogP contribution in [0.5, 0.6) is 0 Å². The lowest BCUT2D eigenvalue weighted by molar-refractivity contribution is -0.137. The van der Waals surface area contributed by atoms with Gasteiger partial charge in [-0.3, -0.25) is 9.59 Å². The zero-order chi connectivity index (χ0) is 22.7. The van der Waals surface area contributed by atoms with Gasteiger partial charge in [0.25, 0.3) is 5.91 Å². The first-order chi connectivity index (χ1) is 15.3. The molecule has 0 atom stereocenters. The molecule has 1 saturated heterocycles. The average Bonchev–Trinajstić information content (AvgIpc) is 3.21. The van der Waals surface area contributed by atoms with E-state index in [9.17, 15) is 22.8 Å². The first kappa shape index (κ1) is 21.9. The highest BCUT2D eigenvalue weighted by atomic mass is 19.4. The smallest absolute Gasteiger partial charge is 0.361 e. The average molecular weight is 443 g/mol. The Morgan fingerprint density at radius 1 is 0.906 bits per heavy atom. The molecule has 0 unspecified atom stereocenters. The Hall–Kier alpha value is -3.29. The molecule has 1 N–H and O–H groups in total. The maximum Gasteiger partial charge on any atom is 0.416 e. The van der Waals surface area contributed by atoms with Crippen LogP contribution in [0.4, 0.5) is 13.2 Å². The number of para-hydroxylation sites is 1. The fourth-order valence-electron chi connectivity index (χ4n) is 4.07. The highest BCUT2D eigenvalue weighted by molar-refractivity contribution is 5.94. The van der Waals surface area contributed by atoms with E-state index in [1.165, 1.54) is 23.1 Å². The molecule has 32 heavy (non-hydrogen) atoms. The van der Waals surface area contributed by atoms with E-state index >= 15 is 0 Å². The van der Waals surface area contributed by atoms with E-state index in [1.807, 2.05) is 24.4 Å². The van der Waals surface area contributed by atoms with E-state index in [-0.39, 0.29) is 17.4 Å². The van der Waals surface area contributed by atoms with Gasteiger partial charge in [0.15, 0.2) is 0 Å². The van der Waals surface area contributed by atoms with Gasteiger partial charge in [0.05, 0.1) is 5.56 Å². The lowest BCUT2D eigenvalue weighted by Gasteiger charge is -2.35. The van der Waals surface area contributed by atoms with Crippen LogP contribution in [0.25, 0.3) is 10.9 Å². The monoisotopic (exact) mass is 443 g/mol. The van der Waals surface area contributed by atoms with Gasteiger partial charge in [0, 0.05) is 55.3 Å². The molecule has 2 heterocycles. The summed E-state index contributed by atoms with van der Waals surface area (Å²) < 4.78 is 38.1. The van der Waals surface area contributed by atoms with E-state index < -0.39 is 11.7 Å². The van der Waals surface area contributed by atoms with Crippen molar-refractivity contribution in [3.8, 4) is 0 Å². The number of aromatic amines is 1. The van der Waals surface area contributed by atoms with Crippen LogP contribution < -0.4 is 0 Å². The molecular weight excluding hydrogens is 419 g/mol. The van der Waals surface area contributed by atoms with E-state index in [0.29, 0.717) is 32.6 Å². The molecule has 2 aromatic carbocycles. The number of nitrogens with zero attached hydrogens (tertiary/aromatic N) is 2. The minimum Gasteiger partial charge on any atom is -0.361 e. The number of aromatic nitrogens is 1. The molecule has 2 amide bonds. The zero-order valence-electron chi connectivity index (χ0n) is 17.5. The summed E-state index contributed by atoms with van der Waals surface area (Å²) in [7, 11) is 0. The van der Waals surface area contributed by atoms with Crippen molar-refractivity contribution < 1.29 is 22.8 Å². The number of alkyl halides is 3. The molecule has 0 radical (unpaired) electrons. The second kappa shape index (κ2) is 9.06. The summed E-state index contributed by atoms with van der Waals surface area (Å²) >= 11 is 0. The van der Waals surface area contributed by atoms with Crippen molar-refractivity contribution in [2.24, 2.45) is 0 Å². The van der Waals surface area contributed by atoms with Gasteiger partial charge >= 0.3 is 6.18 Å². The number of rotatable bonds is 5. The van der Waals surface area contributed by atoms with Gasteiger partial charge in [-0.25, -0.2) is 0 Å². The van der Waals surface area contributed by atoms with E-state index in [2.05, 4.69) is 11.1 Å². The van der Waals surface area contributed by atoms with Gasteiger partial charge in [0.1, 0.15) is 0 Å². The third-order valence-corrected chi connectivity index (χ3v) is 5.89. The molecule has 1 aromatic heterocycles. The highest BCUT2D eigenvalue weighted by Gasteiger charge is 2.31. The van der Waals surface area contributed by atoms with Gasteiger partial charge < -0.3 is 14.8 Å². The van der Waals surface area contributed by atoms with Gasteiger partial charge in [0.2, 0.25) is 5.91 Å². The van der Waals surface area contributed by atoms with Crippen LogP contribution in [0, 0.1) is 0 Å². The summed E-state index contributed by atoms with van der Waals surface area (Å²) in [6.45, 7) is 1.60. The van der Waals surface area contributed by atoms with Crippen molar-refractivity contribution in [3.05, 3.63) is 71.4 Å². The maximum atomic E-state index is 12.7. The number of hydrogen-bond donors (Lipinski definition) is 1. The molecule has 1 aliphatic heterocycles. The highest BCUT2D eigenvalue weighted by Crippen LogP contribution is 2.29. The molecule has 4 rings (SSSR count). The van der Waals surface area contributed by atoms with Crippen molar-refractivity contribution in [2.45, 2.75) is 25.4 Å². The van der Waals surface area contributed by atoms with Gasteiger partial charge in [-0.05, 0) is 48.7 Å². The summed E-state index contributed by atoms with van der Waals surface area (Å²) in [5, 5.41) is 1.18. The molecule has 0 bridgehead atoms. The Morgan fingerprint density at radius 3 is 2.25 bits per heavy atom. The van der Waals surface area contributed by atoms with Crippen LogP contribution in [-0.4, -0.2) is 52.8 Å². The van der Waals surface area contributed by atoms with Crippen molar-refractivity contribution in [1.29, 1.82) is 0 Å². The molecule has 0 saturated carbocycles. The van der Waals surface area contributed by atoms with Crippen molar-refractivity contribution in [3.63, 3.8) is 0 Å². The van der Waals surface area contributed by atoms with Gasteiger partial charge in [-0.1, -0.05) is 18.2 Å². The first-order valence-electron chi connectivity index (χ1n) is 10.6. The number of aryl methyl sites for hydroxylation is 1. The van der Waals surface area contributed by atoms with E-state index in [4.69, 9.17) is 0 Å². The Morgan fingerprint density at radius 2 is 1.56 bits per heavy atom. The van der Waals surface area contributed by atoms with Crippen LogP contribution in [0.15, 0.2) is 54.7 Å². The van der Waals surface area contributed by atoms with Crippen molar-refractivity contribution >= 4 is 22.7 Å². The fourth-order valence-corrected chi connectivity index (χ4v) is 4.07. The molecule has 0 aliphatic carbocycles. The number of hydrogen-bond acceptors (Lipinski definition) is 2. The molecule has 1 aliphatic rings. The predicted octanol–water partition coefficient (Wildman–Crippen LogP) is 4.49. The normalized spacial score (nSPS) is 14.7. The topological polar surface area (TPSA) is 56.4 Å². The van der Waals surface area contributed by atoms with Gasteiger partial charge in [-0.15, -0.1) is 0 Å². The first-order valence-corrected chi connectivity index (χ1v) is 10.6. The molecule has 5 nitrogen and oxygen atoms in total. The number of carbonyl (C=O) groups excluding carboxylic acids is 2. The minimum atomic E-state index is -4.43. The number of fused-ring (bicyclic) bond motifs is 1. The number of piperazine rings is 1. The lowest BCUT2D eigenvalue weighted by atomic mass is 10.1. The quantitative estimate of drug-likeness (QED) is 0.632. The fraction of sp³-hybridized carbons (Fsp3) is 0.333. The summed E-state index contributed by atoms with van der Waals surface area (Å²) in [5.41, 5.74) is 1.72. The van der Waals surface area contributed by atoms with Gasteiger partial charge in [-0.2, -0.15) is 13.2 Å². The number of nitrogens with one attached hydrogen (secondary N) is 1. The van der Waals surface area contributed by atoms with Crippen LogP contribution in [0.1, 0.15) is 34.3 Å². The Balaban J connectivity index is 1.25. The standard InChI is InChI=1S/C24H24F3N3O2/c25-24(26,27)19-10-8-17(9-11-19)23(32)30-14-12-29(13-15-30)22(31)7-3-4-18-16-28-21-6-2-1-5-20(18)21/h1-2,5-6,8-11,16,28H,3-4,7,12-15H2. The van der Waals surface area contributed by atoms with Crippen LogP contribution in [-0.2, 0) is 17.4 Å². The third-order valence-electron chi connectivity index (χ3n) is 5.89. The Kier molecular flexibility index (Phi) is 6.21. The van der Waals surface area contributed by atoms with Crippen molar-refractivity contribution in [1.82, 2.24) is 14.8 Å². The number of H-pyrrole nitrogens is 1. The van der Waals surface area contributed by atoms with Crippen LogP contribution in [0.2, 0.25) is 0 Å². The Bertz CT molecular complexity index is 1100. The molecular formula is C24H24F3N3O2. The molecule has 1 fully saturated rings. The number of benzene rings is 2. The third kappa shape index (κ3) is 4.79. The summed E-state index contributed by atoms with van der Waals surface area (Å²) in [6.07, 6.45) is -0.456. The summed E-state index contributed by atoms with van der Waals surface area (Å²) in [5.74, 6) is -0.253. The van der Waals surface area contributed by atoms with Crippen molar-refractivity contribution in [2.75, 3.05) is 26.2 Å². The molecule has 0 spiro atoms. The van der Waals surface area contributed by atoms with Crippen LogP contribution >= 0.6 is 0 Å². The SMILES string of the molecule is O=C(CCCc1c[nH]c2ccccc12)N1CCN(C(=O)c2ccc(C(F)(F)F)cc2)CC1. The number of halogens is 3. The Labute approximate surface area is 183 Å². The maximum absolute atomic E-state index is 12.7. The van der Waals surface area contributed by atoms with E-state index in [0.717, 1.165) is 30.5 Å². The predicted molar refractivity (Wildman–Crippen MR) is 115 cm³/mol. The minimum absolute atomic E-state index is 0.0615. The second-order valence-electron chi connectivity index (χ2n) is 7.96. The number of carbonyl (C=O) groups is 2. The summed E-state index contributed by atoms with van der Waals surface area (Å²) in [6, 6.07) is 12.3. The van der Waals surface area contributed by atoms with Crippen LogP contribution in [0.3, 0.4) is 0 Å². The van der Waals surface area contributed by atoms with E-state index in [1.54, 1.807) is 9.80 Å². The number of amides is 2. The molecule has 3 aromatic rings. The molecule has 8 heteroatoms. The zero-order valence-corrected chi connectivity index (χ0v) is 17.5. The lowest BCUT2D eigenvalue weighted by Crippen LogP contribution is -2.50. The summed E-state index contributed by atoms with van der Waals surface area (Å²) in [4.78, 5) is 31.7.